The van der Waals surface area contributed by atoms with Crippen molar-refractivity contribution >= 4 is 22.4 Å². The Morgan fingerprint density at radius 1 is 1.17 bits per heavy atom. The number of anilines is 1. The Labute approximate surface area is 135 Å². The van der Waals surface area contributed by atoms with E-state index in [9.17, 15) is 13.6 Å². The van der Waals surface area contributed by atoms with Crippen molar-refractivity contribution < 1.29 is 13.6 Å². The third kappa shape index (κ3) is 3.27. The van der Waals surface area contributed by atoms with Crippen molar-refractivity contribution in [3.63, 3.8) is 0 Å². The van der Waals surface area contributed by atoms with Gasteiger partial charge < -0.3 is 0 Å². The number of thiazole rings is 1. The first-order valence-corrected chi connectivity index (χ1v) is 7.70. The summed E-state index contributed by atoms with van der Waals surface area (Å²) in [5.41, 5.74) is 1.95. The van der Waals surface area contributed by atoms with Crippen molar-refractivity contribution in [2.75, 3.05) is 5.32 Å². The molecular weight excluding hydrogens is 318 g/mol. The number of amides is 1. The molecular formula is C17H12F2N2OS. The van der Waals surface area contributed by atoms with E-state index in [0.717, 1.165) is 11.6 Å². The molecule has 0 unspecified atom stereocenters. The van der Waals surface area contributed by atoms with Gasteiger partial charge in [-0.25, -0.2) is 13.8 Å². The van der Waals surface area contributed by atoms with Crippen LogP contribution in [0.15, 0.2) is 47.8 Å². The normalized spacial score (nSPS) is 10.6. The van der Waals surface area contributed by atoms with Gasteiger partial charge in [-0.15, -0.1) is 11.3 Å². The molecule has 0 bridgehead atoms. The van der Waals surface area contributed by atoms with Gasteiger partial charge in [-0.2, -0.15) is 0 Å². The first-order valence-electron chi connectivity index (χ1n) is 6.82. The minimum atomic E-state index is -0.688. The van der Waals surface area contributed by atoms with Crippen LogP contribution in [0, 0.1) is 18.6 Å². The van der Waals surface area contributed by atoms with Crippen LogP contribution in [-0.2, 0) is 0 Å². The minimum Gasteiger partial charge on any atom is -0.298 e. The Hall–Kier alpha value is -2.60. The number of rotatable bonds is 3. The van der Waals surface area contributed by atoms with E-state index in [2.05, 4.69) is 10.3 Å². The molecule has 3 nitrogen and oxygen atoms in total. The highest BCUT2D eigenvalue weighted by Crippen LogP contribution is 2.27. The molecule has 0 aliphatic rings. The van der Waals surface area contributed by atoms with Crippen LogP contribution in [-0.4, -0.2) is 10.9 Å². The van der Waals surface area contributed by atoms with Crippen LogP contribution in [0.2, 0.25) is 0 Å². The summed E-state index contributed by atoms with van der Waals surface area (Å²) in [6.07, 6.45) is 0. The molecule has 6 heteroatoms. The number of aromatic nitrogens is 1. The fourth-order valence-electron chi connectivity index (χ4n) is 2.14. The van der Waals surface area contributed by atoms with Crippen molar-refractivity contribution in [3.8, 4) is 11.3 Å². The summed E-state index contributed by atoms with van der Waals surface area (Å²) in [5.74, 6) is -1.61. The zero-order valence-electron chi connectivity index (χ0n) is 12.1. The van der Waals surface area contributed by atoms with Crippen LogP contribution in [0.4, 0.5) is 13.9 Å². The Balaban J connectivity index is 1.82. The number of halogens is 2. The predicted molar refractivity (Wildman–Crippen MR) is 86.6 cm³/mol. The van der Waals surface area contributed by atoms with E-state index >= 15 is 0 Å². The number of aryl methyl sites for hydroxylation is 1. The molecule has 0 spiro atoms. The van der Waals surface area contributed by atoms with Gasteiger partial charge in [0.05, 0.1) is 5.69 Å². The average Bonchev–Trinajstić information content (AvgIpc) is 2.95. The van der Waals surface area contributed by atoms with Gasteiger partial charge in [0.2, 0.25) is 0 Å². The van der Waals surface area contributed by atoms with Crippen molar-refractivity contribution in [2.45, 2.75) is 6.92 Å². The second-order valence-corrected chi connectivity index (χ2v) is 5.79. The van der Waals surface area contributed by atoms with Crippen molar-refractivity contribution in [3.05, 3.63) is 70.6 Å². The largest absolute Gasteiger partial charge is 0.298 e. The maximum Gasteiger partial charge on any atom is 0.257 e. The first-order chi connectivity index (χ1) is 11.0. The molecule has 2 aromatic carbocycles. The molecule has 1 N–H and O–H groups in total. The fraction of sp³-hybridized carbons (Fsp3) is 0.0588. The average molecular weight is 330 g/mol. The van der Waals surface area contributed by atoms with Crippen molar-refractivity contribution in [1.29, 1.82) is 0 Å². The lowest BCUT2D eigenvalue weighted by atomic mass is 10.1. The summed E-state index contributed by atoms with van der Waals surface area (Å²) < 4.78 is 26.7. The van der Waals surface area contributed by atoms with E-state index in [1.54, 1.807) is 17.5 Å². The van der Waals surface area contributed by atoms with Crippen molar-refractivity contribution in [2.24, 2.45) is 0 Å². The minimum absolute atomic E-state index is 0.194. The lowest BCUT2D eigenvalue weighted by molar-refractivity contribution is 0.102. The lowest BCUT2D eigenvalue weighted by Crippen LogP contribution is -2.13. The van der Waals surface area contributed by atoms with E-state index in [1.165, 1.54) is 23.5 Å². The zero-order valence-corrected chi connectivity index (χ0v) is 13.0. The SMILES string of the molecule is Cc1ccccc1C(=O)Nc1nc(-c2ccc(F)cc2F)cs1. The van der Waals surface area contributed by atoms with Gasteiger partial charge in [-0.3, -0.25) is 10.1 Å². The molecule has 0 aliphatic carbocycles. The summed E-state index contributed by atoms with van der Waals surface area (Å²) >= 11 is 1.18. The third-order valence-electron chi connectivity index (χ3n) is 3.32. The summed E-state index contributed by atoms with van der Waals surface area (Å²) in [5, 5.41) is 4.67. The number of hydrogen-bond donors (Lipinski definition) is 1. The van der Waals surface area contributed by atoms with Crippen LogP contribution in [0.25, 0.3) is 11.3 Å². The Kier molecular flexibility index (Phi) is 4.16. The van der Waals surface area contributed by atoms with Gasteiger partial charge in [-0.1, -0.05) is 18.2 Å². The summed E-state index contributed by atoms with van der Waals surface area (Å²) in [7, 11) is 0. The lowest BCUT2D eigenvalue weighted by Gasteiger charge is -2.04. The van der Waals surface area contributed by atoms with E-state index < -0.39 is 11.6 Å². The number of benzene rings is 2. The number of nitrogens with one attached hydrogen (secondary N) is 1. The molecule has 0 aliphatic heterocycles. The Bertz CT molecular complexity index is 877. The maximum atomic E-state index is 13.8. The highest BCUT2D eigenvalue weighted by molar-refractivity contribution is 7.14. The molecule has 1 amide bonds. The van der Waals surface area contributed by atoms with Crippen LogP contribution in [0.1, 0.15) is 15.9 Å². The number of nitrogens with zero attached hydrogens (tertiary/aromatic N) is 1. The smallest absolute Gasteiger partial charge is 0.257 e. The van der Waals surface area contributed by atoms with Gasteiger partial charge in [0.1, 0.15) is 11.6 Å². The second kappa shape index (κ2) is 6.26. The second-order valence-electron chi connectivity index (χ2n) is 4.93. The van der Waals surface area contributed by atoms with E-state index in [1.807, 2.05) is 19.1 Å². The van der Waals surface area contributed by atoms with Gasteiger partial charge in [0.25, 0.3) is 5.91 Å². The molecule has 116 valence electrons. The van der Waals surface area contributed by atoms with Gasteiger partial charge in [0, 0.05) is 22.6 Å². The summed E-state index contributed by atoms with van der Waals surface area (Å²) in [6.45, 7) is 1.84. The molecule has 1 heterocycles. The molecule has 3 rings (SSSR count). The molecule has 0 fully saturated rings. The first kappa shape index (κ1) is 15.3. The summed E-state index contributed by atoms with van der Waals surface area (Å²) in [6, 6.07) is 10.5. The van der Waals surface area contributed by atoms with Crippen LogP contribution in [0.3, 0.4) is 0 Å². The number of hydrogen-bond acceptors (Lipinski definition) is 3. The molecule has 0 atom stereocenters. The van der Waals surface area contributed by atoms with Gasteiger partial charge in [-0.05, 0) is 30.7 Å². The van der Waals surface area contributed by atoms with Crippen LogP contribution < -0.4 is 5.32 Å². The highest BCUT2D eigenvalue weighted by atomic mass is 32.1. The Morgan fingerprint density at radius 2 is 1.96 bits per heavy atom. The predicted octanol–water partition coefficient (Wildman–Crippen LogP) is 4.65. The number of carbonyl (C=O) groups excluding carboxylic acids is 1. The molecule has 0 radical (unpaired) electrons. The van der Waals surface area contributed by atoms with E-state index in [4.69, 9.17) is 0 Å². The molecule has 0 saturated carbocycles. The fourth-order valence-corrected chi connectivity index (χ4v) is 2.85. The van der Waals surface area contributed by atoms with Crippen LogP contribution >= 0.6 is 11.3 Å². The highest BCUT2D eigenvalue weighted by Gasteiger charge is 2.13. The number of carbonyl (C=O) groups is 1. The Morgan fingerprint density at radius 3 is 2.70 bits per heavy atom. The standard InChI is InChI=1S/C17H12F2N2OS/c1-10-4-2-3-5-12(10)16(22)21-17-20-15(9-23-17)13-7-6-11(18)8-14(13)19/h2-9H,1H3,(H,20,21,22). The quantitative estimate of drug-likeness (QED) is 0.759. The maximum absolute atomic E-state index is 13.8. The van der Waals surface area contributed by atoms with Crippen molar-refractivity contribution in [1.82, 2.24) is 4.98 Å². The zero-order chi connectivity index (χ0) is 16.4. The third-order valence-corrected chi connectivity index (χ3v) is 4.08. The molecule has 1 aromatic heterocycles. The van der Waals surface area contributed by atoms with E-state index in [-0.39, 0.29) is 11.5 Å². The topological polar surface area (TPSA) is 42.0 Å². The van der Waals surface area contributed by atoms with Crippen LogP contribution in [0.5, 0.6) is 0 Å². The molecule has 23 heavy (non-hydrogen) atoms. The van der Waals surface area contributed by atoms with E-state index in [0.29, 0.717) is 16.4 Å². The molecule has 0 saturated heterocycles. The summed E-state index contributed by atoms with van der Waals surface area (Å²) in [4.78, 5) is 16.4. The van der Waals surface area contributed by atoms with Gasteiger partial charge in [0.15, 0.2) is 5.13 Å². The monoisotopic (exact) mass is 330 g/mol. The van der Waals surface area contributed by atoms with Gasteiger partial charge >= 0.3 is 0 Å². The molecule has 3 aromatic rings.